The molecule has 2 N–H and O–H groups in total. The molecule has 0 radical (unpaired) electrons. The fourth-order valence-electron chi connectivity index (χ4n) is 1.47. The van der Waals surface area contributed by atoms with Gasteiger partial charge in [-0.1, -0.05) is 20.8 Å². The minimum absolute atomic E-state index is 0.0690. The Morgan fingerprint density at radius 2 is 1.86 bits per heavy atom. The Balaban J connectivity index is 2.67. The van der Waals surface area contributed by atoms with Crippen molar-refractivity contribution in [3.8, 4) is 5.75 Å². The van der Waals surface area contributed by atoms with E-state index in [1.807, 2.05) is 20.8 Å². The number of sulfonamides is 1. The van der Waals surface area contributed by atoms with Gasteiger partial charge in [0.25, 0.3) is 0 Å². The average Bonchev–Trinajstić information content (AvgIpc) is 2.46. The van der Waals surface area contributed by atoms with Gasteiger partial charge in [0.1, 0.15) is 5.75 Å². The van der Waals surface area contributed by atoms with Crippen LogP contribution in [-0.4, -0.2) is 33.3 Å². The monoisotopic (exact) mass is 315 g/mol. The second-order valence-electron chi connectivity index (χ2n) is 5.74. The molecule has 120 valence electrons. The molecule has 1 aromatic rings. The van der Waals surface area contributed by atoms with Crippen LogP contribution in [0.1, 0.15) is 33.6 Å². The van der Waals surface area contributed by atoms with Gasteiger partial charge in [0, 0.05) is 19.6 Å². The van der Waals surface area contributed by atoms with Gasteiger partial charge in [0.2, 0.25) is 10.0 Å². The molecule has 0 aliphatic heterocycles. The summed E-state index contributed by atoms with van der Waals surface area (Å²) in [6.45, 7) is 6.96. The van der Waals surface area contributed by atoms with E-state index in [-0.39, 0.29) is 16.9 Å². The lowest BCUT2D eigenvalue weighted by atomic mass is 9.91. The molecule has 0 amide bonds. The van der Waals surface area contributed by atoms with Crippen molar-refractivity contribution in [3.63, 3.8) is 0 Å². The molecule has 0 bridgehead atoms. The lowest BCUT2D eigenvalue weighted by Crippen LogP contribution is -2.33. The second-order valence-corrected chi connectivity index (χ2v) is 7.51. The van der Waals surface area contributed by atoms with Gasteiger partial charge in [-0.25, -0.2) is 13.1 Å². The van der Waals surface area contributed by atoms with Gasteiger partial charge < -0.3 is 9.84 Å². The maximum Gasteiger partial charge on any atom is 0.240 e. The molecule has 0 saturated heterocycles. The van der Waals surface area contributed by atoms with Crippen molar-refractivity contribution in [2.45, 2.75) is 38.5 Å². The highest BCUT2D eigenvalue weighted by atomic mass is 32.2. The zero-order valence-electron chi connectivity index (χ0n) is 12.9. The smallest absolute Gasteiger partial charge is 0.240 e. The van der Waals surface area contributed by atoms with Gasteiger partial charge in [-0.3, -0.25) is 0 Å². The Labute approximate surface area is 127 Å². The Morgan fingerprint density at radius 1 is 1.24 bits per heavy atom. The van der Waals surface area contributed by atoms with Gasteiger partial charge in [0.05, 0.1) is 11.5 Å². The molecule has 0 spiro atoms. The number of nitrogens with one attached hydrogen (secondary N) is 1. The second kappa shape index (κ2) is 7.77. The third-order valence-corrected chi connectivity index (χ3v) is 4.82. The maximum atomic E-state index is 12.2. The lowest BCUT2D eigenvalue weighted by Gasteiger charge is -2.22. The highest BCUT2D eigenvalue weighted by Gasteiger charge is 2.20. The van der Waals surface area contributed by atoms with E-state index in [1.54, 1.807) is 12.1 Å². The van der Waals surface area contributed by atoms with E-state index < -0.39 is 10.0 Å². The maximum absolute atomic E-state index is 12.2. The van der Waals surface area contributed by atoms with E-state index >= 15 is 0 Å². The molecule has 1 aromatic carbocycles. The predicted octanol–water partition coefficient (Wildman–Crippen LogP) is 2.16. The van der Waals surface area contributed by atoms with Crippen LogP contribution in [0, 0.1) is 5.41 Å². The summed E-state index contributed by atoms with van der Waals surface area (Å²) in [7, 11) is -3.49. The summed E-state index contributed by atoms with van der Waals surface area (Å²) in [4.78, 5) is 0.226. The minimum Gasteiger partial charge on any atom is -0.494 e. The summed E-state index contributed by atoms with van der Waals surface area (Å²) in [6, 6.07) is 6.29. The highest BCUT2D eigenvalue weighted by Crippen LogP contribution is 2.20. The van der Waals surface area contributed by atoms with Crippen molar-refractivity contribution >= 4 is 10.0 Å². The first-order valence-electron chi connectivity index (χ1n) is 7.14. The van der Waals surface area contributed by atoms with Crippen molar-refractivity contribution in [2.75, 3.05) is 19.8 Å². The summed E-state index contributed by atoms with van der Waals surface area (Å²) in [6.07, 6.45) is 1.45. The summed E-state index contributed by atoms with van der Waals surface area (Å²) in [5.41, 5.74) is -0.0690. The first kappa shape index (κ1) is 17.9. The van der Waals surface area contributed by atoms with Crippen LogP contribution in [-0.2, 0) is 10.0 Å². The predicted molar refractivity (Wildman–Crippen MR) is 82.9 cm³/mol. The Morgan fingerprint density at radius 3 is 2.38 bits per heavy atom. The van der Waals surface area contributed by atoms with Crippen LogP contribution in [0.15, 0.2) is 29.2 Å². The highest BCUT2D eigenvalue weighted by molar-refractivity contribution is 7.89. The largest absolute Gasteiger partial charge is 0.494 e. The fraction of sp³-hybridized carbons (Fsp3) is 0.600. The van der Waals surface area contributed by atoms with Gasteiger partial charge in [0.15, 0.2) is 0 Å². The number of aliphatic hydroxyl groups is 1. The normalized spacial score (nSPS) is 12.4. The molecule has 0 fully saturated rings. The topological polar surface area (TPSA) is 75.6 Å². The number of ether oxygens (including phenoxy) is 1. The number of aliphatic hydroxyl groups excluding tert-OH is 1. The van der Waals surface area contributed by atoms with E-state index in [0.717, 1.165) is 6.42 Å². The molecule has 0 atom stereocenters. The molecular weight excluding hydrogens is 290 g/mol. The minimum atomic E-state index is -3.49. The van der Waals surface area contributed by atoms with Crippen molar-refractivity contribution in [1.82, 2.24) is 4.72 Å². The third-order valence-electron chi connectivity index (χ3n) is 3.40. The molecule has 6 heteroatoms. The van der Waals surface area contributed by atoms with Crippen molar-refractivity contribution in [2.24, 2.45) is 5.41 Å². The number of benzene rings is 1. The quantitative estimate of drug-likeness (QED) is 0.685. The van der Waals surface area contributed by atoms with Crippen molar-refractivity contribution < 1.29 is 18.3 Å². The van der Waals surface area contributed by atoms with Crippen molar-refractivity contribution in [3.05, 3.63) is 24.3 Å². The molecule has 0 heterocycles. The van der Waals surface area contributed by atoms with Crippen LogP contribution in [0.25, 0.3) is 0 Å². The molecular formula is C15H25NO4S. The third kappa shape index (κ3) is 6.03. The Hall–Kier alpha value is -1.11. The standard InChI is InChI=1S/C15H25NO4S/c1-4-15(2,3)12-16-21(18,19)14-8-6-13(7-9-14)20-11-5-10-17/h6-9,16-17H,4-5,10-12H2,1-3H3. The van der Waals surface area contributed by atoms with Crippen LogP contribution in [0.3, 0.4) is 0 Å². The zero-order valence-corrected chi connectivity index (χ0v) is 13.7. The van der Waals surface area contributed by atoms with E-state index in [1.165, 1.54) is 12.1 Å². The van der Waals surface area contributed by atoms with E-state index in [0.29, 0.717) is 25.3 Å². The zero-order chi connectivity index (χ0) is 15.9. The summed E-state index contributed by atoms with van der Waals surface area (Å²) in [5, 5.41) is 8.67. The van der Waals surface area contributed by atoms with E-state index in [4.69, 9.17) is 9.84 Å². The molecule has 0 aliphatic carbocycles. The average molecular weight is 315 g/mol. The summed E-state index contributed by atoms with van der Waals surface area (Å²) in [5.74, 6) is 0.594. The molecule has 21 heavy (non-hydrogen) atoms. The SMILES string of the molecule is CCC(C)(C)CNS(=O)(=O)c1ccc(OCCCO)cc1. The molecule has 0 aliphatic rings. The van der Waals surface area contributed by atoms with Crippen LogP contribution >= 0.6 is 0 Å². The number of hydrogen-bond donors (Lipinski definition) is 2. The first-order chi connectivity index (χ1) is 9.80. The van der Waals surface area contributed by atoms with E-state index in [9.17, 15) is 8.42 Å². The summed E-state index contributed by atoms with van der Waals surface area (Å²) >= 11 is 0. The Bertz CT molecular complexity index is 523. The first-order valence-corrected chi connectivity index (χ1v) is 8.62. The number of hydrogen-bond acceptors (Lipinski definition) is 4. The van der Waals surface area contributed by atoms with Crippen LogP contribution in [0.4, 0.5) is 0 Å². The van der Waals surface area contributed by atoms with Crippen LogP contribution in [0.2, 0.25) is 0 Å². The van der Waals surface area contributed by atoms with E-state index in [2.05, 4.69) is 4.72 Å². The van der Waals surface area contributed by atoms with Crippen molar-refractivity contribution in [1.29, 1.82) is 0 Å². The van der Waals surface area contributed by atoms with Crippen LogP contribution in [0.5, 0.6) is 5.75 Å². The molecule has 1 rings (SSSR count). The van der Waals surface area contributed by atoms with Gasteiger partial charge in [-0.05, 0) is 36.1 Å². The molecule has 5 nitrogen and oxygen atoms in total. The van der Waals surface area contributed by atoms with Gasteiger partial charge in [-0.2, -0.15) is 0 Å². The number of rotatable bonds is 9. The molecule has 0 aromatic heterocycles. The fourth-order valence-corrected chi connectivity index (χ4v) is 2.71. The van der Waals surface area contributed by atoms with Gasteiger partial charge >= 0.3 is 0 Å². The van der Waals surface area contributed by atoms with Crippen LogP contribution < -0.4 is 9.46 Å². The van der Waals surface area contributed by atoms with Gasteiger partial charge in [-0.15, -0.1) is 0 Å². The molecule has 0 saturated carbocycles. The summed E-state index contributed by atoms with van der Waals surface area (Å²) < 4.78 is 32.4. The molecule has 0 unspecified atom stereocenters. The lowest BCUT2D eigenvalue weighted by molar-refractivity contribution is 0.233. The Kier molecular flexibility index (Phi) is 6.64.